The molecule has 0 aliphatic carbocycles. The Hall–Kier alpha value is -1.90. The summed E-state index contributed by atoms with van der Waals surface area (Å²) in [5, 5.41) is 34.6. The minimum Gasteiger partial charge on any atom is -0.509 e. The van der Waals surface area contributed by atoms with Crippen LogP contribution in [0.25, 0.3) is 0 Å². The maximum atomic E-state index is 10.4. The van der Waals surface area contributed by atoms with E-state index in [0.717, 1.165) is 11.3 Å². The molecule has 25 heavy (non-hydrogen) atoms. The Labute approximate surface area is 150 Å². The number of aliphatic hydroxyl groups is 3. The van der Waals surface area contributed by atoms with Gasteiger partial charge in [0.15, 0.2) is 16.4 Å². The first kappa shape index (κ1) is 17.9. The largest absolute Gasteiger partial charge is 0.509 e. The number of aliphatic imine (C=N–C) groups is 1. The van der Waals surface area contributed by atoms with Gasteiger partial charge in [0, 0.05) is 13.5 Å². The number of allylic oxidation sites excluding steroid dienone is 1. The van der Waals surface area contributed by atoms with Gasteiger partial charge in [-0.3, -0.25) is 4.99 Å². The van der Waals surface area contributed by atoms with Gasteiger partial charge in [-0.2, -0.15) is 0 Å². The number of aliphatic hydroxyl groups excluding tert-OH is 3. The Morgan fingerprint density at radius 3 is 2.68 bits per heavy atom. The summed E-state index contributed by atoms with van der Waals surface area (Å²) in [4.78, 5) is 4.04. The molecule has 2 saturated heterocycles. The number of fused-ring (bicyclic) bond motifs is 1. The molecule has 0 amide bonds. The molecular formula is C17H22N2O5S. The second kappa shape index (κ2) is 7.55. The average Bonchev–Trinajstić information content (AvgIpc) is 3.06. The fourth-order valence-corrected chi connectivity index (χ4v) is 3.91. The highest BCUT2D eigenvalue weighted by Gasteiger charge is 2.48. The predicted octanol–water partition coefficient (Wildman–Crippen LogP) is 1.17. The second-order valence-corrected chi connectivity index (χ2v) is 6.98. The van der Waals surface area contributed by atoms with Crippen molar-refractivity contribution in [3.05, 3.63) is 41.3 Å². The number of nitrogens with one attached hydrogen (secondary N) is 1. The number of aryl methyl sites for hydroxylation is 1. The van der Waals surface area contributed by atoms with Crippen LogP contribution >= 0.6 is 11.8 Å². The number of ether oxygens (including phenoxy) is 2. The van der Waals surface area contributed by atoms with Gasteiger partial charge in [-0.25, -0.2) is 0 Å². The van der Waals surface area contributed by atoms with Crippen molar-refractivity contribution in [2.24, 2.45) is 4.99 Å². The molecule has 0 spiro atoms. The maximum Gasteiger partial charge on any atom is 0.174 e. The topological polar surface area (TPSA) is 104 Å². The lowest BCUT2D eigenvalue weighted by molar-refractivity contribution is -0.0742. The lowest BCUT2D eigenvalue weighted by Gasteiger charge is -2.35. The summed E-state index contributed by atoms with van der Waals surface area (Å²) >= 11 is 1.33. The summed E-state index contributed by atoms with van der Waals surface area (Å²) in [6, 6.07) is 7.08. The van der Waals surface area contributed by atoms with Crippen LogP contribution in [-0.2, 0) is 11.2 Å². The van der Waals surface area contributed by atoms with E-state index in [1.165, 1.54) is 11.8 Å². The highest BCUT2D eigenvalue weighted by atomic mass is 32.2. The zero-order valence-electron chi connectivity index (χ0n) is 14.0. The molecule has 136 valence electrons. The minimum atomic E-state index is -1.28. The van der Waals surface area contributed by atoms with Crippen LogP contribution < -0.4 is 10.1 Å². The molecule has 8 heteroatoms. The summed E-state index contributed by atoms with van der Waals surface area (Å²) in [5.74, 6) is 0.753. The monoisotopic (exact) mass is 366 g/mol. The standard InChI is InChI=1S/C17H22N2O5S/c1-18-17-19-12-13(21)14(22)15(24-16(12)25-17)11(20)8-5-9-3-6-10(23-2)7-4-9/h3-4,6-7,12-14,16,20-22H,5,8H2,1-2H3,(H,18,19)/b15-11-/t12-,13-,14+,16-/m1/s1. The molecule has 2 aliphatic heterocycles. The number of benzene rings is 1. The van der Waals surface area contributed by atoms with Gasteiger partial charge < -0.3 is 30.1 Å². The van der Waals surface area contributed by atoms with Crippen LogP contribution in [0.15, 0.2) is 40.8 Å². The van der Waals surface area contributed by atoms with Crippen LogP contribution in [0.5, 0.6) is 5.75 Å². The van der Waals surface area contributed by atoms with Crippen molar-refractivity contribution in [3.63, 3.8) is 0 Å². The third-order valence-electron chi connectivity index (χ3n) is 4.31. The quantitative estimate of drug-likeness (QED) is 0.593. The zero-order chi connectivity index (χ0) is 18.0. The second-order valence-electron chi connectivity index (χ2n) is 5.90. The Kier molecular flexibility index (Phi) is 5.41. The van der Waals surface area contributed by atoms with E-state index in [1.807, 2.05) is 24.3 Å². The molecule has 0 saturated carbocycles. The number of amidine groups is 1. The minimum absolute atomic E-state index is 0.0360. The van der Waals surface area contributed by atoms with Gasteiger partial charge in [0.25, 0.3) is 0 Å². The molecule has 4 atom stereocenters. The lowest BCUT2D eigenvalue weighted by atomic mass is 9.99. The Morgan fingerprint density at radius 2 is 2.04 bits per heavy atom. The van der Waals surface area contributed by atoms with E-state index in [2.05, 4.69) is 10.3 Å². The smallest absolute Gasteiger partial charge is 0.174 e. The summed E-state index contributed by atoms with van der Waals surface area (Å²) in [6.45, 7) is 0. The molecule has 0 unspecified atom stereocenters. The van der Waals surface area contributed by atoms with Crippen molar-refractivity contribution in [1.82, 2.24) is 5.32 Å². The molecule has 0 bridgehead atoms. The highest BCUT2D eigenvalue weighted by molar-refractivity contribution is 8.14. The van der Waals surface area contributed by atoms with Crippen LogP contribution in [0, 0.1) is 0 Å². The van der Waals surface area contributed by atoms with E-state index in [-0.39, 0.29) is 11.5 Å². The van der Waals surface area contributed by atoms with Crippen molar-refractivity contribution in [3.8, 4) is 5.75 Å². The molecule has 7 nitrogen and oxygen atoms in total. The van der Waals surface area contributed by atoms with Crippen molar-refractivity contribution in [2.45, 2.75) is 36.5 Å². The van der Waals surface area contributed by atoms with Crippen LogP contribution in [-0.4, -0.2) is 58.3 Å². The SMILES string of the molecule is CN=C1N[C@@H]2[C@@H](O)[C@H](O)/C(=C(/O)CCc3ccc(OC)cc3)O[C@@H]2S1. The van der Waals surface area contributed by atoms with Crippen LogP contribution in [0.2, 0.25) is 0 Å². The van der Waals surface area contributed by atoms with Crippen LogP contribution in [0.1, 0.15) is 12.0 Å². The summed E-state index contributed by atoms with van der Waals surface area (Å²) < 4.78 is 10.8. The number of hydrogen-bond acceptors (Lipinski definition) is 7. The van der Waals surface area contributed by atoms with E-state index >= 15 is 0 Å². The molecule has 2 heterocycles. The molecule has 0 aromatic heterocycles. The van der Waals surface area contributed by atoms with Crippen molar-refractivity contribution >= 4 is 16.9 Å². The van der Waals surface area contributed by atoms with Gasteiger partial charge in [0.05, 0.1) is 7.11 Å². The molecule has 1 aromatic rings. The average molecular weight is 366 g/mol. The molecular weight excluding hydrogens is 344 g/mol. The van der Waals surface area contributed by atoms with E-state index in [0.29, 0.717) is 18.0 Å². The van der Waals surface area contributed by atoms with E-state index in [9.17, 15) is 15.3 Å². The lowest BCUT2D eigenvalue weighted by Crippen LogP contribution is -2.54. The van der Waals surface area contributed by atoms with Gasteiger partial charge in [0.1, 0.15) is 29.8 Å². The Balaban J connectivity index is 1.69. The van der Waals surface area contributed by atoms with Crippen molar-refractivity contribution in [2.75, 3.05) is 14.2 Å². The number of thioether (sulfide) groups is 1. The number of rotatable bonds is 4. The van der Waals surface area contributed by atoms with E-state index in [1.54, 1.807) is 14.2 Å². The van der Waals surface area contributed by atoms with Gasteiger partial charge in [-0.05, 0) is 35.9 Å². The first-order chi connectivity index (χ1) is 12.0. The molecule has 3 rings (SSSR count). The summed E-state index contributed by atoms with van der Waals surface area (Å²) in [7, 11) is 3.24. The van der Waals surface area contributed by atoms with Gasteiger partial charge >= 0.3 is 0 Å². The normalized spacial score (nSPS) is 31.9. The molecule has 1 aromatic carbocycles. The van der Waals surface area contributed by atoms with Gasteiger partial charge in [0.2, 0.25) is 0 Å². The predicted molar refractivity (Wildman–Crippen MR) is 95.7 cm³/mol. The first-order valence-corrected chi connectivity index (χ1v) is 8.89. The first-order valence-electron chi connectivity index (χ1n) is 8.01. The fourth-order valence-electron chi connectivity index (χ4n) is 2.85. The molecule has 4 N–H and O–H groups in total. The van der Waals surface area contributed by atoms with Crippen molar-refractivity contribution < 1.29 is 24.8 Å². The zero-order valence-corrected chi connectivity index (χ0v) is 14.9. The summed E-state index contributed by atoms with van der Waals surface area (Å²) in [5.41, 5.74) is 0.587. The van der Waals surface area contributed by atoms with Gasteiger partial charge in [-0.15, -0.1) is 0 Å². The molecule has 2 fully saturated rings. The van der Waals surface area contributed by atoms with Crippen LogP contribution in [0.3, 0.4) is 0 Å². The fraction of sp³-hybridized carbons (Fsp3) is 0.471. The van der Waals surface area contributed by atoms with Gasteiger partial charge in [-0.1, -0.05) is 12.1 Å². The Bertz CT molecular complexity index is 676. The maximum absolute atomic E-state index is 10.4. The van der Waals surface area contributed by atoms with Crippen molar-refractivity contribution in [1.29, 1.82) is 0 Å². The molecule has 0 radical (unpaired) electrons. The number of methoxy groups -OCH3 is 1. The summed E-state index contributed by atoms with van der Waals surface area (Å²) in [6.07, 6.45) is -1.48. The highest BCUT2D eigenvalue weighted by Crippen LogP contribution is 2.36. The number of nitrogens with zero attached hydrogens (tertiary/aromatic N) is 1. The number of hydrogen-bond donors (Lipinski definition) is 4. The Morgan fingerprint density at radius 1 is 1.32 bits per heavy atom. The van der Waals surface area contributed by atoms with E-state index < -0.39 is 23.7 Å². The third-order valence-corrected chi connectivity index (χ3v) is 5.46. The van der Waals surface area contributed by atoms with Crippen LogP contribution in [0.4, 0.5) is 0 Å². The third kappa shape index (κ3) is 3.70. The van der Waals surface area contributed by atoms with E-state index in [4.69, 9.17) is 9.47 Å². The molecule has 2 aliphatic rings.